The Morgan fingerprint density at radius 2 is 1.13 bits per heavy atom. The van der Waals surface area contributed by atoms with Crippen molar-refractivity contribution in [1.82, 2.24) is 15.2 Å². The van der Waals surface area contributed by atoms with Gasteiger partial charge in [0.25, 0.3) is 6.23 Å². The van der Waals surface area contributed by atoms with Gasteiger partial charge in [-0.3, -0.25) is 19.2 Å². The number of aromatic nitrogens is 3. The van der Waals surface area contributed by atoms with Crippen molar-refractivity contribution >= 4 is 23.9 Å². The molecule has 0 unspecified atom stereocenters. The maximum absolute atomic E-state index is 12.3. The highest BCUT2D eigenvalue weighted by atomic mass is 16.7. The maximum atomic E-state index is 12.3. The zero-order chi connectivity index (χ0) is 49.2. The number of carbonyl (C=O) groups excluding carboxylic acids is 4. The first kappa shape index (κ1) is 54.4. The molecule has 2 aliphatic heterocycles. The summed E-state index contributed by atoms with van der Waals surface area (Å²) < 4.78 is 78.0. The molecule has 1 aromatic heterocycles. The van der Waals surface area contributed by atoms with Crippen LogP contribution in [0.5, 0.6) is 23.0 Å². The smallest absolute Gasteiger partial charge is 0.303 e. The molecule has 1 fully saturated rings. The Morgan fingerprint density at radius 3 is 1.70 bits per heavy atom. The topological polar surface area (TPSA) is 222 Å². The van der Waals surface area contributed by atoms with Gasteiger partial charge in [-0.05, 0) is 49.2 Å². The first-order chi connectivity index (χ1) is 33.5. The van der Waals surface area contributed by atoms with Crippen molar-refractivity contribution in [3.63, 3.8) is 0 Å². The predicted octanol–water partition coefficient (Wildman–Crippen LogP) is 3.15. The predicted molar refractivity (Wildman–Crippen MR) is 243 cm³/mol. The van der Waals surface area contributed by atoms with Crippen LogP contribution in [0.15, 0.2) is 48.7 Å². The maximum Gasteiger partial charge on any atom is 0.303 e. The van der Waals surface area contributed by atoms with Crippen molar-refractivity contribution < 1.29 is 85.4 Å². The molecule has 5 rings (SSSR count). The SMILES string of the molecule is CC(=O)OC[C@H]1O[C@@H]([n+]2cc(CCCCCCNCc3ccc4c(c3)OCCOCCOCCOc3ccccc3OCCOCCOCCO4)n(C)n2)[C@@H](OC(C)=O)[C@@H](OC(C)=O)[C@@H]1OC(C)=O. The van der Waals surface area contributed by atoms with Crippen molar-refractivity contribution in [3.8, 4) is 23.0 Å². The van der Waals surface area contributed by atoms with Gasteiger partial charge in [0, 0.05) is 40.7 Å². The minimum Gasteiger partial charge on any atom is -0.487 e. The van der Waals surface area contributed by atoms with Gasteiger partial charge in [-0.2, -0.15) is 0 Å². The van der Waals surface area contributed by atoms with Gasteiger partial charge < -0.3 is 66.9 Å². The quantitative estimate of drug-likeness (QED) is 0.100. The lowest BCUT2D eigenvalue weighted by molar-refractivity contribution is -0.825. The summed E-state index contributed by atoms with van der Waals surface area (Å²) in [6.07, 6.45) is 0.225. The molecule has 0 bridgehead atoms. The third-order valence-corrected chi connectivity index (χ3v) is 10.6. The normalized spacial score (nSPS) is 21.2. The molecule has 0 radical (unpaired) electrons. The van der Waals surface area contributed by atoms with E-state index in [-0.39, 0.29) is 6.61 Å². The number of carbonyl (C=O) groups is 4. The third kappa shape index (κ3) is 19.4. The molecule has 3 aromatic rings. The fourth-order valence-corrected chi connectivity index (χ4v) is 7.46. The molecular weight excluding hydrogens is 905 g/mol. The molecule has 2 aromatic carbocycles. The van der Waals surface area contributed by atoms with Crippen molar-refractivity contribution in [2.45, 2.75) is 97.0 Å². The lowest BCUT2D eigenvalue weighted by Crippen LogP contribution is -2.66. The molecule has 21 nitrogen and oxygen atoms in total. The lowest BCUT2D eigenvalue weighted by Gasteiger charge is -2.42. The van der Waals surface area contributed by atoms with E-state index in [9.17, 15) is 19.2 Å². The second-order valence-corrected chi connectivity index (χ2v) is 16.1. The van der Waals surface area contributed by atoms with Crippen molar-refractivity contribution in [2.24, 2.45) is 7.05 Å². The number of ether oxygens (including phenoxy) is 13. The molecule has 21 heteroatoms. The summed E-state index contributed by atoms with van der Waals surface area (Å²) in [6, 6.07) is 13.4. The molecule has 0 amide bonds. The zero-order valence-electron chi connectivity index (χ0n) is 40.4. The summed E-state index contributed by atoms with van der Waals surface area (Å²) in [5.74, 6) is -0.153. The van der Waals surface area contributed by atoms with Gasteiger partial charge >= 0.3 is 23.9 Å². The molecule has 1 saturated heterocycles. The van der Waals surface area contributed by atoms with Gasteiger partial charge in [0.1, 0.15) is 46.2 Å². The Balaban J connectivity index is 1.07. The minimum atomic E-state index is -1.29. The summed E-state index contributed by atoms with van der Waals surface area (Å²) in [5.41, 5.74) is 1.91. The van der Waals surface area contributed by atoms with Gasteiger partial charge in [0.05, 0.1) is 58.1 Å². The number of aryl methyl sites for hydroxylation is 2. The van der Waals surface area contributed by atoms with Crippen LogP contribution in [-0.4, -0.2) is 151 Å². The van der Waals surface area contributed by atoms with Gasteiger partial charge in [-0.1, -0.05) is 31.0 Å². The Kier molecular flexibility index (Phi) is 23.7. The average Bonchev–Trinajstić information content (AvgIpc) is 3.68. The molecule has 0 aliphatic carbocycles. The van der Waals surface area contributed by atoms with Crippen molar-refractivity contribution in [2.75, 3.05) is 92.4 Å². The fourth-order valence-electron chi connectivity index (χ4n) is 7.46. The van der Waals surface area contributed by atoms with E-state index in [0.717, 1.165) is 43.5 Å². The monoisotopic (exact) mass is 973 g/mol. The molecule has 1 N–H and O–H groups in total. The molecule has 69 heavy (non-hydrogen) atoms. The van der Waals surface area contributed by atoms with Crippen LogP contribution >= 0.6 is 0 Å². The summed E-state index contributed by atoms with van der Waals surface area (Å²) in [6.45, 7) is 10.6. The highest BCUT2D eigenvalue weighted by Crippen LogP contribution is 2.33. The first-order valence-electron chi connectivity index (χ1n) is 23.5. The molecule has 5 atom stereocenters. The Morgan fingerprint density at radius 1 is 0.623 bits per heavy atom. The molecule has 0 spiro atoms. The Bertz CT molecular complexity index is 2030. The molecule has 0 saturated carbocycles. The van der Waals surface area contributed by atoms with E-state index in [1.807, 2.05) is 42.5 Å². The van der Waals surface area contributed by atoms with Crippen LogP contribution in [0.25, 0.3) is 0 Å². The number of hydrogen-bond donors (Lipinski definition) is 1. The van der Waals surface area contributed by atoms with E-state index in [0.29, 0.717) is 115 Å². The lowest BCUT2D eigenvalue weighted by atomic mass is 9.97. The van der Waals surface area contributed by atoms with Crippen LogP contribution in [0, 0.1) is 0 Å². The third-order valence-electron chi connectivity index (χ3n) is 10.6. The van der Waals surface area contributed by atoms with Crippen LogP contribution in [-0.2, 0) is 81.8 Å². The van der Waals surface area contributed by atoms with Crippen LogP contribution in [0.2, 0.25) is 0 Å². The second kappa shape index (κ2) is 30.1. The van der Waals surface area contributed by atoms with Gasteiger partial charge in [0.2, 0.25) is 6.10 Å². The summed E-state index contributed by atoms with van der Waals surface area (Å²) in [5, 5.41) is 8.12. The van der Waals surface area contributed by atoms with Gasteiger partial charge in [0.15, 0.2) is 47.1 Å². The van der Waals surface area contributed by atoms with E-state index in [4.69, 9.17) is 61.6 Å². The standard InChI is InChI=1S/C48H69N4O17/c1-34(53)65-33-44-45(66-35(2)54)46(67-36(3)55)47(68-37(4)56)48(69-44)52-32-39(51(5)50-52)12-8-6-7-11-17-49-31-38-15-16-42-43(30-38)64-29-25-60-21-20-58-23-27-62-41-14-10-9-13-40(41)61-26-22-57-18-19-59-24-28-63-42/h9-10,13-16,30,32,44-49H,6-8,11-12,17-29,31,33H2,1-5H3/q+1/t44-,45-,46+,47+,48-/m1/s1. The molecule has 3 heterocycles. The summed E-state index contributed by atoms with van der Waals surface area (Å²) >= 11 is 0. The number of fused-ring (bicyclic) bond motifs is 2. The van der Waals surface area contributed by atoms with E-state index < -0.39 is 54.5 Å². The molecular formula is C48H69N4O17+. The highest BCUT2D eigenvalue weighted by molar-refractivity contribution is 5.68. The molecule has 382 valence electrons. The Labute approximate surface area is 403 Å². The number of unbranched alkanes of at least 4 members (excludes halogenated alkanes) is 3. The van der Waals surface area contributed by atoms with Gasteiger partial charge in [-0.15, -0.1) is 9.36 Å². The minimum absolute atomic E-state index is 0.327. The van der Waals surface area contributed by atoms with E-state index in [2.05, 4.69) is 10.5 Å². The van der Waals surface area contributed by atoms with E-state index in [1.54, 1.807) is 17.9 Å². The number of nitrogens with zero attached hydrogens (tertiary/aromatic N) is 3. The Hall–Kier alpha value is -5.58. The largest absolute Gasteiger partial charge is 0.487 e. The zero-order valence-corrected chi connectivity index (χ0v) is 40.4. The first-order valence-corrected chi connectivity index (χ1v) is 23.5. The average molecular weight is 974 g/mol. The highest BCUT2D eigenvalue weighted by Gasteiger charge is 2.55. The number of para-hydroxylation sites is 2. The number of nitrogens with one attached hydrogen (secondary N) is 1. The second-order valence-electron chi connectivity index (χ2n) is 16.1. The van der Waals surface area contributed by atoms with Crippen LogP contribution < -0.4 is 28.9 Å². The summed E-state index contributed by atoms with van der Waals surface area (Å²) in [4.78, 5) is 48.4. The van der Waals surface area contributed by atoms with E-state index in [1.165, 1.54) is 32.4 Å². The number of esters is 4. The number of rotatable bonds is 15. The van der Waals surface area contributed by atoms with Crippen LogP contribution in [0.1, 0.15) is 70.9 Å². The summed E-state index contributed by atoms with van der Waals surface area (Å²) in [7, 11) is 1.78. The van der Waals surface area contributed by atoms with Crippen LogP contribution in [0.4, 0.5) is 0 Å². The fraction of sp³-hybridized carbons (Fsp3) is 0.625. The number of hydrogen-bond acceptors (Lipinski definition) is 19. The van der Waals surface area contributed by atoms with Gasteiger partial charge in [-0.25, -0.2) is 0 Å². The molecule has 2 aliphatic rings. The number of benzene rings is 2. The van der Waals surface area contributed by atoms with E-state index >= 15 is 0 Å². The van der Waals surface area contributed by atoms with Crippen molar-refractivity contribution in [3.05, 3.63) is 59.9 Å². The van der Waals surface area contributed by atoms with Crippen molar-refractivity contribution in [1.29, 1.82) is 0 Å². The van der Waals surface area contributed by atoms with Crippen LogP contribution in [0.3, 0.4) is 0 Å².